The number of rotatable bonds is 6. The van der Waals surface area contributed by atoms with Crippen molar-refractivity contribution in [3.8, 4) is 0 Å². The molecule has 1 aromatic heterocycles. The molecular formula is C20H26N4O3. The van der Waals surface area contributed by atoms with Crippen LogP contribution in [0.15, 0.2) is 34.9 Å². The molecule has 27 heavy (non-hydrogen) atoms. The van der Waals surface area contributed by atoms with Crippen LogP contribution in [0.3, 0.4) is 0 Å². The zero-order valence-electron chi connectivity index (χ0n) is 15.7. The maximum absolute atomic E-state index is 12.6. The number of likely N-dealkylation sites (tertiary alicyclic amines) is 1. The highest BCUT2D eigenvalue weighted by Gasteiger charge is 2.41. The Morgan fingerprint density at radius 3 is 2.89 bits per heavy atom. The third-order valence-corrected chi connectivity index (χ3v) is 5.35. The highest BCUT2D eigenvalue weighted by Crippen LogP contribution is 2.25. The van der Waals surface area contributed by atoms with Gasteiger partial charge in [-0.25, -0.2) is 0 Å². The number of fused-ring (bicyclic) bond motifs is 1. The molecule has 1 aromatic carbocycles. The van der Waals surface area contributed by atoms with Crippen molar-refractivity contribution in [1.82, 2.24) is 19.9 Å². The lowest BCUT2D eigenvalue weighted by Crippen LogP contribution is -2.50. The average Bonchev–Trinajstić information content (AvgIpc) is 3.29. The van der Waals surface area contributed by atoms with Gasteiger partial charge in [0.25, 0.3) is 0 Å². The van der Waals surface area contributed by atoms with Gasteiger partial charge in [0, 0.05) is 39.0 Å². The normalized spacial score (nSPS) is 22.8. The molecule has 2 aliphatic heterocycles. The van der Waals surface area contributed by atoms with Crippen molar-refractivity contribution >= 4 is 5.91 Å². The molecule has 2 fully saturated rings. The molecule has 2 atom stereocenters. The molecule has 7 nitrogen and oxygen atoms in total. The number of benzene rings is 1. The average molecular weight is 370 g/mol. The largest absolute Gasteiger partial charge is 0.373 e. The van der Waals surface area contributed by atoms with Crippen LogP contribution in [0, 0.1) is 6.92 Å². The predicted octanol–water partition coefficient (Wildman–Crippen LogP) is 1.81. The summed E-state index contributed by atoms with van der Waals surface area (Å²) < 4.78 is 11.1. The lowest BCUT2D eigenvalue weighted by atomic mass is 10.1. The Morgan fingerprint density at radius 1 is 1.26 bits per heavy atom. The van der Waals surface area contributed by atoms with Gasteiger partial charge in [0.1, 0.15) is 0 Å². The standard InChI is InChI=1S/C20H26N4O3/c1-15-21-19(27-22-15)8-5-9-20(25)24-13-17-18(14-24)26-11-10-23(17)12-16-6-3-2-4-7-16/h2-4,6-7,17-18H,5,8-14H2,1H3. The number of aromatic nitrogens is 2. The SMILES string of the molecule is Cc1noc(CCCC(=O)N2CC3OCCN(Cc4ccccc4)C3C2)n1. The van der Waals surface area contributed by atoms with Gasteiger partial charge in [-0.15, -0.1) is 0 Å². The summed E-state index contributed by atoms with van der Waals surface area (Å²) in [6.45, 7) is 5.78. The molecule has 0 N–H and O–H groups in total. The Morgan fingerprint density at radius 2 is 2.11 bits per heavy atom. The van der Waals surface area contributed by atoms with Crippen molar-refractivity contribution in [1.29, 1.82) is 0 Å². The van der Waals surface area contributed by atoms with Crippen LogP contribution >= 0.6 is 0 Å². The van der Waals surface area contributed by atoms with Crippen molar-refractivity contribution in [3.05, 3.63) is 47.6 Å². The Hall–Kier alpha value is -2.25. The third-order valence-electron chi connectivity index (χ3n) is 5.35. The molecule has 0 radical (unpaired) electrons. The number of hydrogen-bond donors (Lipinski definition) is 0. The summed E-state index contributed by atoms with van der Waals surface area (Å²) in [5.41, 5.74) is 1.30. The van der Waals surface area contributed by atoms with E-state index in [1.807, 2.05) is 11.0 Å². The number of hydrogen-bond acceptors (Lipinski definition) is 6. The molecule has 0 spiro atoms. The minimum Gasteiger partial charge on any atom is -0.373 e. The fourth-order valence-electron chi connectivity index (χ4n) is 3.97. The van der Waals surface area contributed by atoms with E-state index >= 15 is 0 Å². The first-order valence-electron chi connectivity index (χ1n) is 9.65. The van der Waals surface area contributed by atoms with Crippen molar-refractivity contribution in [2.45, 2.75) is 44.9 Å². The number of ether oxygens (including phenoxy) is 1. The van der Waals surface area contributed by atoms with E-state index in [4.69, 9.17) is 9.26 Å². The molecule has 2 unspecified atom stereocenters. The lowest BCUT2D eigenvalue weighted by Gasteiger charge is -2.36. The Labute approximate surface area is 159 Å². The fraction of sp³-hybridized carbons (Fsp3) is 0.550. The molecule has 0 aliphatic carbocycles. The molecule has 2 aromatic rings. The zero-order valence-corrected chi connectivity index (χ0v) is 15.7. The lowest BCUT2D eigenvalue weighted by molar-refractivity contribution is -0.130. The summed E-state index contributed by atoms with van der Waals surface area (Å²) in [5.74, 6) is 1.42. The first-order valence-corrected chi connectivity index (χ1v) is 9.65. The summed E-state index contributed by atoms with van der Waals surface area (Å²) in [6.07, 6.45) is 1.98. The van der Waals surface area contributed by atoms with Crippen LogP contribution < -0.4 is 0 Å². The minimum atomic E-state index is 0.116. The molecular weight excluding hydrogens is 344 g/mol. The highest BCUT2D eigenvalue weighted by molar-refractivity contribution is 5.76. The van der Waals surface area contributed by atoms with E-state index in [1.54, 1.807) is 6.92 Å². The van der Waals surface area contributed by atoms with Crippen LogP contribution in [0.5, 0.6) is 0 Å². The number of carbonyl (C=O) groups is 1. The van der Waals surface area contributed by atoms with Gasteiger partial charge in [-0.2, -0.15) is 4.98 Å². The van der Waals surface area contributed by atoms with Crippen molar-refractivity contribution in [2.75, 3.05) is 26.2 Å². The third kappa shape index (κ3) is 4.36. The van der Waals surface area contributed by atoms with E-state index in [2.05, 4.69) is 39.3 Å². The first kappa shape index (κ1) is 18.1. The van der Waals surface area contributed by atoms with Gasteiger partial charge in [-0.3, -0.25) is 9.69 Å². The molecule has 2 saturated heterocycles. The topological polar surface area (TPSA) is 71.7 Å². The Balaban J connectivity index is 1.30. The number of carbonyl (C=O) groups excluding carboxylic acids is 1. The molecule has 144 valence electrons. The van der Waals surface area contributed by atoms with E-state index in [-0.39, 0.29) is 18.1 Å². The van der Waals surface area contributed by atoms with Gasteiger partial charge in [0.15, 0.2) is 5.82 Å². The summed E-state index contributed by atoms with van der Waals surface area (Å²) in [4.78, 5) is 21.2. The van der Waals surface area contributed by atoms with E-state index in [0.717, 1.165) is 32.7 Å². The number of morpholine rings is 1. The van der Waals surface area contributed by atoms with Gasteiger partial charge in [-0.1, -0.05) is 35.5 Å². The maximum Gasteiger partial charge on any atom is 0.226 e. The molecule has 0 saturated carbocycles. The molecule has 4 rings (SSSR count). The van der Waals surface area contributed by atoms with Crippen molar-refractivity contribution in [3.63, 3.8) is 0 Å². The molecule has 1 amide bonds. The molecule has 2 aliphatic rings. The molecule has 0 bridgehead atoms. The summed E-state index contributed by atoms with van der Waals surface area (Å²) in [5, 5.41) is 3.78. The second-order valence-corrected chi connectivity index (χ2v) is 7.32. The van der Waals surface area contributed by atoms with Crippen LogP contribution in [0.4, 0.5) is 0 Å². The first-order chi connectivity index (χ1) is 13.2. The van der Waals surface area contributed by atoms with Crippen LogP contribution in [0.25, 0.3) is 0 Å². The smallest absolute Gasteiger partial charge is 0.226 e. The van der Waals surface area contributed by atoms with E-state index in [9.17, 15) is 4.79 Å². The predicted molar refractivity (Wildman–Crippen MR) is 98.9 cm³/mol. The summed E-state index contributed by atoms with van der Waals surface area (Å²) in [6, 6.07) is 10.8. The fourth-order valence-corrected chi connectivity index (χ4v) is 3.97. The van der Waals surface area contributed by atoms with Crippen LogP contribution in [-0.4, -0.2) is 64.2 Å². The second-order valence-electron chi connectivity index (χ2n) is 7.32. The van der Waals surface area contributed by atoms with Gasteiger partial charge in [0.2, 0.25) is 11.8 Å². The Bertz CT molecular complexity index is 764. The zero-order chi connectivity index (χ0) is 18.6. The molecule has 7 heteroatoms. The van der Waals surface area contributed by atoms with Gasteiger partial charge in [-0.05, 0) is 18.9 Å². The van der Waals surface area contributed by atoms with Crippen molar-refractivity contribution in [2.24, 2.45) is 0 Å². The second kappa shape index (κ2) is 8.19. The van der Waals surface area contributed by atoms with Crippen LogP contribution in [-0.2, 0) is 22.5 Å². The number of nitrogens with zero attached hydrogens (tertiary/aromatic N) is 4. The minimum absolute atomic E-state index is 0.116. The van der Waals surface area contributed by atoms with E-state index in [1.165, 1.54) is 5.56 Å². The number of amides is 1. The van der Waals surface area contributed by atoms with Gasteiger partial charge >= 0.3 is 0 Å². The van der Waals surface area contributed by atoms with Crippen molar-refractivity contribution < 1.29 is 14.1 Å². The van der Waals surface area contributed by atoms with E-state index < -0.39 is 0 Å². The maximum atomic E-state index is 12.6. The number of aryl methyl sites for hydroxylation is 2. The summed E-state index contributed by atoms with van der Waals surface area (Å²) >= 11 is 0. The monoisotopic (exact) mass is 370 g/mol. The quantitative estimate of drug-likeness (QED) is 0.772. The van der Waals surface area contributed by atoms with Gasteiger partial charge in [0.05, 0.1) is 18.8 Å². The molecule has 3 heterocycles. The van der Waals surface area contributed by atoms with Crippen LogP contribution in [0.2, 0.25) is 0 Å². The van der Waals surface area contributed by atoms with E-state index in [0.29, 0.717) is 31.1 Å². The highest BCUT2D eigenvalue weighted by atomic mass is 16.5. The summed E-state index contributed by atoms with van der Waals surface area (Å²) in [7, 11) is 0. The Kier molecular flexibility index (Phi) is 5.50. The van der Waals surface area contributed by atoms with Gasteiger partial charge < -0.3 is 14.2 Å². The van der Waals surface area contributed by atoms with Crippen LogP contribution in [0.1, 0.15) is 30.1 Å².